The van der Waals surface area contributed by atoms with Crippen LogP contribution >= 0.6 is 0 Å². The van der Waals surface area contributed by atoms with Gasteiger partial charge in [-0.1, -0.05) is 0 Å². The van der Waals surface area contributed by atoms with Crippen molar-refractivity contribution in [3.05, 3.63) is 23.8 Å². The van der Waals surface area contributed by atoms with Crippen LogP contribution in [0.25, 0.3) is 0 Å². The molecule has 0 aromatic heterocycles. The van der Waals surface area contributed by atoms with Crippen molar-refractivity contribution in [3.8, 4) is 11.5 Å². The number of likely N-dealkylation sites (tertiary alicyclic amines) is 1. The molecule has 0 saturated carbocycles. The minimum absolute atomic E-state index is 0.0312. The number of Topliss-reactive ketones (excluding diaryl/α,β-unsaturated/α-hetero) is 1. The summed E-state index contributed by atoms with van der Waals surface area (Å²) in [5.74, 6) is -0.831. The summed E-state index contributed by atoms with van der Waals surface area (Å²) >= 11 is 0. The van der Waals surface area contributed by atoms with Crippen molar-refractivity contribution in [1.29, 1.82) is 0 Å². The van der Waals surface area contributed by atoms with Gasteiger partial charge >= 0.3 is 5.97 Å². The van der Waals surface area contributed by atoms with Gasteiger partial charge in [-0.3, -0.25) is 24.1 Å². The van der Waals surface area contributed by atoms with Crippen LogP contribution in [0, 0.1) is 0 Å². The predicted molar refractivity (Wildman–Crippen MR) is 85.4 cm³/mol. The van der Waals surface area contributed by atoms with Gasteiger partial charge in [-0.15, -0.1) is 0 Å². The number of rotatable bonds is 8. The Labute approximate surface area is 144 Å². The first-order chi connectivity index (χ1) is 12.0. The average Bonchev–Trinajstić information content (AvgIpc) is 2.95. The summed E-state index contributed by atoms with van der Waals surface area (Å²) in [6.45, 7) is -0.486. The van der Waals surface area contributed by atoms with Crippen LogP contribution in [0.1, 0.15) is 29.6 Å². The number of ketones is 1. The summed E-state index contributed by atoms with van der Waals surface area (Å²) in [5.41, 5.74) is 0.265. The summed E-state index contributed by atoms with van der Waals surface area (Å²) in [4.78, 5) is 47.8. The molecule has 0 N–H and O–H groups in total. The van der Waals surface area contributed by atoms with Crippen LogP contribution in [-0.2, 0) is 19.1 Å². The quantitative estimate of drug-likeness (QED) is 0.392. The topological polar surface area (TPSA) is 99.2 Å². The molecule has 0 bridgehead atoms. The van der Waals surface area contributed by atoms with Crippen LogP contribution in [0.4, 0.5) is 0 Å². The lowest BCUT2D eigenvalue weighted by molar-refractivity contribution is -0.144. The van der Waals surface area contributed by atoms with Crippen LogP contribution in [0.15, 0.2) is 18.2 Å². The monoisotopic (exact) mass is 349 g/mol. The van der Waals surface area contributed by atoms with Gasteiger partial charge in [-0.25, -0.2) is 0 Å². The zero-order valence-electron chi connectivity index (χ0n) is 14.1. The molecule has 8 nitrogen and oxygen atoms in total. The highest BCUT2D eigenvalue weighted by molar-refractivity contribution is 6.02. The van der Waals surface area contributed by atoms with E-state index >= 15 is 0 Å². The summed E-state index contributed by atoms with van der Waals surface area (Å²) in [5, 5.41) is 0. The van der Waals surface area contributed by atoms with E-state index in [0.717, 1.165) is 4.90 Å². The molecule has 134 valence electrons. The molecule has 0 aliphatic carbocycles. The Morgan fingerprint density at radius 3 is 2.36 bits per heavy atom. The van der Waals surface area contributed by atoms with E-state index in [0.29, 0.717) is 11.5 Å². The van der Waals surface area contributed by atoms with E-state index in [1.165, 1.54) is 20.3 Å². The second-order valence-corrected chi connectivity index (χ2v) is 5.34. The molecule has 1 aromatic carbocycles. The summed E-state index contributed by atoms with van der Waals surface area (Å²) in [7, 11) is 2.91. The maximum atomic E-state index is 12.2. The molecule has 25 heavy (non-hydrogen) atoms. The SMILES string of the molecule is COc1ccc(C(=O)COC(=O)CCN2C(=O)CCC2=O)c(OC)c1. The Bertz CT molecular complexity index is 682. The Hall–Kier alpha value is -2.90. The second-order valence-electron chi connectivity index (χ2n) is 5.34. The van der Waals surface area contributed by atoms with Gasteiger partial charge in [0.25, 0.3) is 0 Å². The van der Waals surface area contributed by atoms with E-state index < -0.39 is 18.4 Å². The smallest absolute Gasteiger partial charge is 0.308 e. The maximum Gasteiger partial charge on any atom is 0.308 e. The number of imide groups is 1. The molecular weight excluding hydrogens is 330 g/mol. The number of carbonyl (C=O) groups is 4. The number of hydrogen-bond acceptors (Lipinski definition) is 7. The lowest BCUT2D eigenvalue weighted by Gasteiger charge is -2.13. The van der Waals surface area contributed by atoms with Crippen molar-refractivity contribution in [2.75, 3.05) is 27.4 Å². The average molecular weight is 349 g/mol. The van der Waals surface area contributed by atoms with Crippen LogP contribution in [0.3, 0.4) is 0 Å². The Balaban J connectivity index is 1.86. The lowest BCUT2D eigenvalue weighted by atomic mass is 10.1. The van der Waals surface area contributed by atoms with Crippen LogP contribution in [0.2, 0.25) is 0 Å². The molecule has 2 amide bonds. The Morgan fingerprint density at radius 1 is 1.08 bits per heavy atom. The van der Waals surface area contributed by atoms with Gasteiger partial charge in [-0.05, 0) is 12.1 Å². The minimum atomic E-state index is -0.659. The highest BCUT2D eigenvalue weighted by Gasteiger charge is 2.29. The van der Waals surface area contributed by atoms with Crippen LogP contribution in [-0.4, -0.2) is 55.8 Å². The summed E-state index contributed by atoms with van der Waals surface area (Å²) in [6, 6.07) is 4.68. The van der Waals surface area contributed by atoms with Crippen LogP contribution < -0.4 is 9.47 Å². The van der Waals surface area contributed by atoms with Crippen molar-refractivity contribution in [1.82, 2.24) is 4.90 Å². The molecule has 0 spiro atoms. The van der Waals surface area contributed by atoms with Gasteiger partial charge < -0.3 is 14.2 Å². The molecule has 0 atom stereocenters. The van der Waals surface area contributed by atoms with Crippen molar-refractivity contribution in [3.63, 3.8) is 0 Å². The molecule has 1 fully saturated rings. The first kappa shape index (κ1) is 18.4. The zero-order chi connectivity index (χ0) is 18.4. The first-order valence-corrected chi connectivity index (χ1v) is 7.70. The van der Waals surface area contributed by atoms with Crippen molar-refractivity contribution < 1.29 is 33.4 Å². The van der Waals surface area contributed by atoms with Gasteiger partial charge in [0.2, 0.25) is 17.6 Å². The third kappa shape index (κ3) is 4.56. The fourth-order valence-electron chi connectivity index (χ4n) is 2.40. The van der Waals surface area contributed by atoms with Crippen molar-refractivity contribution in [2.24, 2.45) is 0 Å². The Kier molecular flexibility index (Phi) is 6.10. The molecule has 2 rings (SSSR count). The van der Waals surface area contributed by atoms with Gasteiger partial charge in [0.15, 0.2) is 6.61 Å². The summed E-state index contributed by atoms with van der Waals surface area (Å²) in [6.07, 6.45) is 0.192. The molecule has 1 heterocycles. The van der Waals surface area contributed by atoms with E-state index in [1.807, 2.05) is 0 Å². The lowest BCUT2D eigenvalue weighted by Crippen LogP contribution is -2.31. The third-order valence-electron chi connectivity index (χ3n) is 3.77. The predicted octanol–water partition coefficient (Wildman–Crippen LogP) is 0.969. The second kappa shape index (κ2) is 8.27. The Morgan fingerprint density at radius 2 is 1.76 bits per heavy atom. The van der Waals surface area contributed by atoms with Crippen LogP contribution in [0.5, 0.6) is 11.5 Å². The number of ether oxygens (including phenoxy) is 3. The first-order valence-electron chi connectivity index (χ1n) is 7.70. The largest absolute Gasteiger partial charge is 0.497 e. The van der Waals surface area contributed by atoms with E-state index in [1.54, 1.807) is 12.1 Å². The van der Waals surface area contributed by atoms with Gasteiger partial charge in [0, 0.05) is 25.5 Å². The fourth-order valence-corrected chi connectivity index (χ4v) is 2.40. The number of nitrogens with zero attached hydrogens (tertiary/aromatic N) is 1. The number of esters is 1. The maximum absolute atomic E-state index is 12.2. The number of benzene rings is 1. The number of methoxy groups -OCH3 is 2. The van der Waals surface area contributed by atoms with E-state index in [9.17, 15) is 19.2 Å². The van der Waals surface area contributed by atoms with E-state index in [-0.39, 0.29) is 43.2 Å². The molecule has 1 aromatic rings. The molecule has 1 aliphatic heterocycles. The molecule has 0 unspecified atom stereocenters. The van der Waals surface area contributed by atoms with E-state index in [4.69, 9.17) is 14.2 Å². The van der Waals surface area contributed by atoms with Gasteiger partial charge in [-0.2, -0.15) is 0 Å². The van der Waals surface area contributed by atoms with E-state index in [2.05, 4.69) is 0 Å². The highest BCUT2D eigenvalue weighted by atomic mass is 16.5. The fraction of sp³-hybridized carbons (Fsp3) is 0.412. The van der Waals surface area contributed by atoms with Gasteiger partial charge in [0.05, 0.1) is 26.2 Å². The summed E-state index contributed by atoms with van der Waals surface area (Å²) < 4.78 is 15.1. The van der Waals surface area contributed by atoms with Crippen molar-refractivity contribution >= 4 is 23.6 Å². The minimum Gasteiger partial charge on any atom is -0.497 e. The molecule has 1 saturated heterocycles. The van der Waals surface area contributed by atoms with Crippen molar-refractivity contribution in [2.45, 2.75) is 19.3 Å². The molecule has 1 aliphatic rings. The zero-order valence-corrected chi connectivity index (χ0v) is 14.1. The molecule has 8 heteroatoms. The number of amides is 2. The molecular formula is C17H19NO7. The number of hydrogen-bond donors (Lipinski definition) is 0. The number of carbonyl (C=O) groups excluding carboxylic acids is 4. The standard InChI is InChI=1S/C17H19NO7/c1-23-11-3-4-12(14(9-11)24-2)13(19)10-25-17(22)7-8-18-15(20)5-6-16(18)21/h3-4,9H,5-8,10H2,1-2H3. The third-order valence-corrected chi connectivity index (χ3v) is 3.77. The highest BCUT2D eigenvalue weighted by Crippen LogP contribution is 2.25. The normalized spacial score (nSPS) is 13.8. The van der Waals surface area contributed by atoms with Gasteiger partial charge in [0.1, 0.15) is 11.5 Å². The molecule has 0 radical (unpaired) electrons.